The zero-order chi connectivity index (χ0) is 19.5. The van der Waals surface area contributed by atoms with Crippen LogP contribution in [0.3, 0.4) is 0 Å². The van der Waals surface area contributed by atoms with Gasteiger partial charge in [0.15, 0.2) is 24.6 Å². The van der Waals surface area contributed by atoms with Crippen LogP contribution in [0.25, 0.3) is 0 Å². The Labute approximate surface area is 150 Å². The summed E-state index contributed by atoms with van der Waals surface area (Å²) in [5.74, 6) is -3.18. The first-order chi connectivity index (χ1) is 12.1. The van der Waals surface area contributed by atoms with Gasteiger partial charge in [-0.3, -0.25) is 19.1 Å². The highest BCUT2D eigenvalue weighted by Crippen LogP contribution is 2.39. The Morgan fingerprint density at radius 2 is 1.58 bits per heavy atom. The number of rotatable bonds is 6. The molecule has 2 heterocycles. The molecule has 0 aromatic heterocycles. The van der Waals surface area contributed by atoms with Gasteiger partial charge in [0.2, 0.25) is 0 Å². The Kier molecular flexibility index (Phi) is 6.56. The summed E-state index contributed by atoms with van der Waals surface area (Å²) in [5.41, 5.74) is 0. The molecule has 2 aliphatic rings. The van der Waals surface area contributed by atoms with Crippen molar-refractivity contribution in [3.05, 3.63) is 0 Å². The zero-order valence-electron chi connectivity index (χ0n) is 15.4. The summed E-state index contributed by atoms with van der Waals surface area (Å²) in [5, 5.41) is 0. The first-order valence-corrected chi connectivity index (χ1v) is 8.28. The third-order valence-electron chi connectivity index (χ3n) is 3.73. The highest BCUT2D eigenvalue weighted by molar-refractivity contribution is 5.67. The molecule has 26 heavy (non-hydrogen) atoms. The van der Waals surface area contributed by atoms with Gasteiger partial charge in [-0.25, -0.2) is 0 Å². The van der Waals surface area contributed by atoms with E-state index < -0.39 is 54.6 Å². The van der Waals surface area contributed by atoms with Crippen LogP contribution in [0.2, 0.25) is 0 Å². The van der Waals surface area contributed by atoms with E-state index in [1.165, 1.54) is 20.8 Å². The molecule has 0 aromatic carbocycles. The second kappa shape index (κ2) is 8.30. The molecule has 0 unspecified atom stereocenters. The van der Waals surface area contributed by atoms with Crippen molar-refractivity contribution in [3.63, 3.8) is 0 Å². The first-order valence-electron chi connectivity index (χ1n) is 8.28. The number of fused-ring (bicyclic) bond motifs is 1. The number of carbonyl (C=O) groups excluding carboxylic acids is 3. The highest BCUT2D eigenvalue weighted by atomic mass is 16.9. The van der Waals surface area contributed by atoms with Crippen molar-refractivity contribution < 1.29 is 47.5 Å². The highest BCUT2D eigenvalue weighted by Gasteiger charge is 2.59. The number of hydrogen-bond donors (Lipinski definition) is 0. The molecule has 2 aliphatic heterocycles. The van der Waals surface area contributed by atoms with Crippen LogP contribution in [-0.2, 0) is 47.5 Å². The van der Waals surface area contributed by atoms with Crippen molar-refractivity contribution in [3.8, 4) is 0 Å². The van der Waals surface area contributed by atoms with Crippen LogP contribution in [-0.4, -0.2) is 67.8 Å². The monoisotopic (exact) mass is 376 g/mol. The molecule has 2 rings (SSSR count). The van der Waals surface area contributed by atoms with Crippen LogP contribution in [0.1, 0.15) is 34.6 Å². The fraction of sp³-hybridized carbons (Fsp3) is 0.812. The Morgan fingerprint density at radius 3 is 2.12 bits per heavy atom. The molecule has 10 heteroatoms. The van der Waals surface area contributed by atoms with Crippen LogP contribution in [0.5, 0.6) is 0 Å². The summed E-state index contributed by atoms with van der Waals surface area (Å²) in [6, 6.07) is 0. The first kappa shape index (κ1) is 20.6. The summed E-state index contributed by atoms with van der Waals surface area (Å²) in [4.78, 5) is 34.2. The maximum Gasteiger partial charge on any atom is 0.303 e. The van der Waals surface area contributed by atoms with E-state index in [-0.39, 0.29) is 6.61 Å². The van der Waals surface area contributed by atoms with E-state index in [9.17, 15) is 14.4 Å². The van der Waals surface area contributed by atoms with E-state index >= 15 is 0 Å². The second-order valence-electron chi connectivity index (χ2n) is 5.99. The molecule has 6 atom stereocenters. The van der Waals surface area contributed by atoms with Gasteiger partial charge in [0, 0.05) is 34.3 Å². The third-order valence-corrected chi connectivity index (χ3v) is 3.73. The van der Waals surface area contributed by atoms with Crippen LogP contribution < -0.4 is 0 Å². The molecule has 0 amide bonds. The lowest BCUT2D eigenvalue weighted by Gasteiger charge is -2.40. The fourth-order valence-corrected chi connectivity index (χ4v) is 2.91. The molecule has 0 spiro atoms. The van der Waals surface area contributed by atoms with Gasteiger partial charge in [0.25, 0.3) is 5.97 Å². The number of hydrogen-bond acceptors (Lipinski definition) is 10. The molecule has 0 N–H and O–H groups in total. The quantitative estimate of drug-likeness (QED) is 0.472. The standard InChI is InChI=1S/C16H24O10/c1-6-21-16(5)25-14-13(23-10(4)19)12(22-9(3)18)11(7-20-8(2)17)24-15(14)26-16/h11-15H,6-7H2,1-5H3/t11-,12-,13+,14-,15-,16+/m1/s1. The molecule has 2 saturated heterocycles. The summed E-state index contributed by atoms with van der Waals surface area (Å²) in [7, 11) is 0. The van der Waals surface area contributed by atoms with Gasteiger partial charge in [-0.1, -0.05) is 0 Å². The molecular formula is C16H24O10. The van der Waals surface area contributed by atoms with Crippen LogP contribution >= 0.6 is 0 Å². The van der Waals surface area contributed by atoms with Crippen molar-refractivity contribution >= 4 is 17.9 Å². The summed E-state index contributed by atoms with van der Waals surface area (Å²) >= 11 is 0. The Bertz CT molecular complexity index is 549. The van der Waals surface area contributed by atoms with Gasteiger partial charge < -0.3 is 28.4 Å². The van der Waals surface area contributed by atoms with Crippen LogP contribution in [0.4, 0.5) is 0 Å². The summed E-state index contributed by atoms with van der Waals surface area (Å²) < 4.78 is 38.2. The van der Waals surface area contributed by atoms with Crippen molar-refractivity contribution in [2.45, 2.75) is 71.3 Å². The minimum atomic E-state index is -1.42. The van der Waals surface area contributed by atoms with Crippen LogP contribution in [0.15, 0.2) is 0 Å². The van der Waals surface area contributed by atoms with Gasteiger partial charge >= 0.3 is 17.9 Å². The Morgan fingerprint density at radius 1 is 0.962 bits per heavy atom. The Balaban J connectivity index is 2.29. The lowest BCUT2D eigenvalue weighted by molar-refractivity contribution is -0.342. The minimum absolute atomic E-state index is 0.219. The lowest BCUT2D eigenvalue weighted by atomic mass is 9.98. The van der Waals surface area contributed by atoms with E-state index in [2.05, 4.69) is 0 Å². The third kappa shape index (κ3) is 4.91. The van der Waals surface area contributed by atoms with Gasteiger partial charge in [-0.15, -0.1) is 0 Å². The molecule has 0 bridgehead atoms. The molecule has 0 aromatic rings. The van der Waals surface area contributed by atoms with Gasteiger partial charge in [0.1, 0.15) is 12.7 Å². The van der Waals surface area contributed by atoms with Gasteiger partial charge in [-0.05, 0) is 6.92 Å². The number of esters is 3. The molecule has 10 nitrogen and oxygen atoms in total. The Hall–Kier alpha value is -1.75. The number of carbonyl (C=O) groups is 3. The van der Waals surface area contributed by atoms with E-state index in [4.69, 9.17) is 33.2 Å². The van der Waals surface area contributed by atoms with E-state index in [1.54, 1.807) is 13.8 Å². The molecule has 148 valence electrons. The maximum absolute atomic E-state index is 11.6. The average Bonchev–Trinajstić information content (AvgIpc) is 2.83. The minimum Gasteiger partial charge on any atom is -0.463 e. The van der Waals surface area contributed by atoms with E-state index in [0.717, 1.165) is 0 Å². The lowest BCUT2D eigenvalue weighted by Crippen LogP contribution is -2.60. The summed E-state index contributed by atoms with van der Waals surface area (Å²) in [6.45, 7) is 7.04. The SMILES string of the molecule is CCO[C@]1(C)O[C@H]2O[C@H](COC(C)=O)[C@@H](OC(C)=O)[C@H](OC(C)=O)[C@H]2O1. The predicted octanol–water partition coefficient (Wildman–Crippen LogP) is 0.263. The zero-order valence-corrected chi connectivity index (χ0v) is 15.4. The molecular weight excluding hydrogens is 352 g/mol. The van der Waals surface area contributed by atoms with Crippen molar-refractivity contribution in [2.75, 3.05) is 13.2 Å². The van der Waals surface area contributed by atoms with E-state index in [1.807, 2.05) is 0 Å². The van der Waals surface area contributed by atoms with Gasteiger partial charge in [0.05, 0.1) is 0 Å². The van der Waals surface area contributed by atoms with Crippen molar-refractivity contribution in [1.29, 1.82) is 0 Å². The molecule has 2 fully saturated rings. The molecule has 0 saturated carbocycles. The normalized spacial score (nSPS) is 36.1. The number of ether oxygens (including phenoxy) is 7. The van der Waals surface area contributed by atoms with Crippen molar-refractivity contribution in [1.82, 2.24) is 0 Å². The summed E-state index contributed by atoms with van der Waals surface area (Å²) in [6.07, 6.45) is -4.86. The molecule has 0 radical (unpaired) electrons. The van der Waals surface area contributed by atoms with Gasteiger partial charge in [-0.2, -0.15) is 0 Å². The predicted molar refractivity (Wildman–Crippen MR) is 82.4 cm³/mol. The van der Waals surface area contributed by atoms with Crippen molar-refractivity contribution in [2.24, 2.45) is 0 Å². The molecule has 0 aliphatic carbocycles. The largest absolute Gasteiger partial charge is 0.463 e. The smallest absolute Gasteiger partial charge is 0.303 e. The fourth-order valence-electron chi connectivity index (χ4n) is 2.91. The van der Waals surface area contributed by atoms with E-state index in [0.29, 0.717) is 6.61 Å². The second-order valence-corrected chi connectivity index (χ2v) is 5.99. The van der Waals surface area contributed by atoms with Crippen LogP contribution in [0, 0.1) is 0 Å². The topological polar surface area (TPSA) is 116 Å². The average molecular weight is 376 g/mol. The maximum atomic E-state index is 11.6.